The van der Waals surface area contributed by atoms with E-state index < -0.39 is 17.7 Å². The van der Waals surface area contributed by atoms with Gasteiger partial charge in [0, 0.05) is 3.57 Å². The Labute approximate surface area is 90.9 Å². The summed E-state index contributed by atoms with van der Waals surface area (Å²) < 4.78 is 36.8. The van der Waals surface area contributed by atoms with E-state index in [0.29, 0.717) is 6.07 Å². The van der Waals surface area contributed by atoms with Crippen molar-refractivity contribution in [3.05, 3.63) is 32.9 Å². The zero-order valence-electron chi connectivity index (χ0n) is 6.60. The summed E-state index contributed by atoms with van der Waals surface area (Å²) in [5.41, 5.74) is -1.28. The molecule has 0 fully saturated rings. The van der Waals surface area contributed by atoms with Crippen LogP contribution >= 0.6 is 22.6 Å². The van der Waals surface area contributed by atoms with Crippen LogP contribution in [0.15, 0.2) is 18.2 Å². The fourth-order valence-electron chi connectivity index (χ4n) is 0.865. The average molecular weight is 316 g/mol. The normalized spacial score (nSPS) is 11.4. The molecule has 6 heteroatoms. The molecule has 0 saturated carbocycles. The fourth-order valence-corrected chi connectivity index (χ4v) is 1.43. The Hall–Kier alpha value is -0.790. The van der Waals surface area contributed by atoms with Crippen molar-refractivity contribution in [1.82, 2.24) is 0 Å². The molecule has 0 unspecified atom stereocenters. The third-order valence-corrected chi connectivity index (χ3v) is 2.46. The van der Waals surface area contributed by atoms with E-state index >= 15 is 0 Å². The molecule has 0 aromatic heterocycles. The second kappa shape index (κ2) is 3.76. The summed E-state index contributed by atoms with van der Waals surface area (Å²) in [6.07, 6.45) is -4.51. The lowest BCUT2D eigenvalue weighted by molar-refractivity contribution is -0.137. The number of hydrogen-bond acceptors (Lipinski definition) is 1. The molecule has 0 bridgehead atoms. The standard InChI is InChI=1S/C8H4F3IO2/c9-8(10,11)4-1-2-6(12)5(3-4)7(13)14/h1-3H,(H,13,14). The van der Waals surface area contributed by atoms with Gasteiger partial charge in [0.05, 0.1) is 11.1 Å². The van der Waals surface area contributed by atoms with E-state index in [9.17, 15) is 18.0 Å². The number of hydrogen-bond donors (Lipinski definition) is 1. The minimum absolute atomic E-state index is 0.281. The molecule has 1 aromatic rings. The van der Waals surface area contributed by atoms with Gasteiger partial charge in [-0.2, -0.15) is 13.2 Å². The van der Waals surface area contributed by atoms with Crippen molar-refractivity contribution in [1.29, 1.82) is 0 Å². The van der Waals surface area contributed by atoms with Gasteiger partial charge in [-0.25, -0.2) is 4.79 Å². The third kappa shape index (κ3) is 2.37. The van der Waals surface area contributed by atoms with Crippen LogP contribution in [0.1, 0.15) is 15.9 Å². The SMILES string of the molecule is O=C(O)c1cc(C(F)(F)F)ccc1I. The Morgan fingerprint density at radius 1 is 1.36 bits per heavy atom. The largest absolute Gasteiger partial charge is 0.478 e. The van der Waals surface area contributed by atoms with Crippen LogP contribution in [0.4, 0.5) is 13.2 Å². The van der Waals surface area contributed by atoms with E-state index in [-0.39, 0.29) is 9.13 Å². The maximum absolute atomic E-state index is 12.2. The van der Waals surface area contributed by atoms with Crippen molar-refractivity contribution in [2.45, 2.75) is 6.18 Å². The van der Waals surface area contributed by atoms with Crippen molar-refractivity contribution in [3.63, 3.8) is 0 Å². The van der Waals surface area contributed by atoms with Gasteiger partial charge in [0.15, 0.2) is 0 Å². The number of carbonyl (C=O) groups is 1. The first-order valence-electron chi connectivity index (χ1n) is 3.42. The van der Waals surface area contributed by atoms with Crippen LogP contribution in [-0.4, -0.2) is 11.1 Å². The molecule has 0 aliphatic rings. The molecule has 0 spiro atoms. The Balaban J connectivity index is 3.27. The number of aromatic carboxylic acids is 1. The number of alkyl halides is 3. The Morgan fingerprint density at radius 3 is 2.36 bits per heavy atom. The summed E-state index contributed by atoms with van der Waals surface area (Å²) in [4.78, 5) is 10.5. The quantitative estimate of drug-likeness (QED) is 0.809. The van der Waals surface area contributed by atoms with Crippen LogP contribution in [0.25, 0.3) is 0 Å². The highest BCUT2D eigenvalue weighted by Gasteiger charge is 2.31. The van der Waals surface area contributed by atoms with Crippen LogP contribution in [0.2, 0.25) is 0 Å². The molecule has 0 heterocycles. The predicted molar refractivity (Wildman–Crippen MR) is 51.1 cm³/mol. The van der Waals surface area contributed by atoms with Crippen molar-refractivity contribution in [3.8, 4) is 0 Å². The molecule has 0 aliphatic heterocycles. The lowest BCUT2D eigenvalue weighted by atomic mass is 10.1. The summed E-state index contributed by atoms with van der Waals surface area (Å²) in [6.45, 7) is 0. The van der Waals surface area contributed by atoms with Crippen LogP contribution in [0, 0.1) is 3.57 Å². The topological polar surface area (TPSA) is 37.3 Å². The molecule has 0 saturated heterocycles. The molecular formula is C8H4F3IO2. The van der Waals surface area contributed by atoms with E-state index in [1.54, 1.807) is 22.6 Å². The van der Waals surface area contributed by atoms with E-state index in [4.69, 9.17) is 5.11 Å². The molecule has 0 radical (unpaired) electrons. The first kappa shape index (κ1) is 11.3. The van der Waals surface area contributed by atoms with E-state index in [1.165, 1.54) is 0 Å². The van der Waals surface area contributed by atoms with Gasteiger partial charge in [0.1, 0.15) is 0 Å². The highest BCUT2D eigenvalue weighted by molar-refractivity contribution is 14.1. The third-order valence-electron chi connectivity index (χ3n) is 1.52. The minimum atomic E-state index is -4.51. The van der Waals surface area contributed by atoms with Crippen LogP contribution in [-0.2, 0) is 6.18 Å². The fraction of sp³-hybridized carbons (Fsp3) is 0.125. The molecule has 1 aromatic carbocycles. The van der Waals surface area contributed by atoms with E-state index in [0.717, 1.165) is 12.1 Å². The molecule has 0 amide bonds. The second-order valence-electron chi connectivity index (χ2n) is 2.50. The molecular weight excluding hydrogens is 312 g/mol. The molecule has 1 N–H and O–H groups in total. The second-order valence-corrected chi connectivity index (χ2v) is 3.66. The van der Waals surface area contributed by atoms with Crippen molar-refractivity contribution in [2.24, 2.45) is 0 Å². The van der Waals surface area contributed by atoms with Crippen LogP contribution in [0.3, 0.4) is 0 Å². The summed E-state index contributed by atoms with van der Waals surface area (Å²) in [5, 5.41) is 8.58. The van der Waals surface area contributed by atoms with Gasteiger partial charge < -0.3 is 5.11 Å². The van der Waals surface area contributed by atoms with Gasteiger partial charge in [0.2, 0.25) is 0 Å². The number of halogens is 4. The van der Waals surface area contributed by atoms with E-state index in [1.807, 2.05) is 0 Å². The number of benzene rings is 1. The Bertz CT molecular complexity index is 373. The summed E-state index contributed by atoms with van der Waals surface area (Å²) in [7, 11) is 0. The molecule has 76 valence electrons. The zero-order chi connectivity index (χ0) is 10.9. The van der Waals surface area contributed by atoms with Gasteiger partial charge in [-0.3, -0.25) is 0 Å². The lowest BCUT2D eigenvalue weighted by Crippen LogP contribution is -2.08. The highest BCUT2D eigenvalue weighted by atomic mass is 127. The highest BCUT2D eigenvalue weighted by Crippen LogP contribution is 2.30. The molecule has 2 nitrogen and oxygen atoms in total. The van der Waals surface area contributed by atoms with Gasteiger partial charge in [0.25, 0.3) is 0 Å². The average Bonchev–Trinajstić information content (AvgIpc) is 2.02. The number of rotatable bonds is 1. The van der Waals surface area contributed by atoms with Gasteiger partial charge in [-0.15, -0.1) is 0 Å². The maximum atomic E-state index is 12.2. The van der Waals surface area contributed by atoms with Crippen LogP contribution < -0.4 is 0 Å². The monoisotopic (exact) mass is 316 g/mol. The van der Waals surface area contributed by atoms with Crippen molar-refractivity contribution >= 4 is 28.6 Å². The van der Waals surface area contributed by atoms with Crippen molar-refractivity contribution < 1.29 is 23.1 Å². The summed E-state index contributed by atoms with van der Waals surface area (Å²) in [6, 6.07) is 2.62. The first-order chi connectivity index (χ1) is 6.32. The van der Waals surface area contributed by atoms with E-state index in [2.05, 4.69) is 0 Å². The smallest absolute Gasteiger partial charge is 0.416 e. The Kier molecular flexibility index (Phi) is 3.03. The lowest BCUT2D eigenvalue weighted by Gasteiger charge is -2.07. The molecule has 0 atom stereocenters. The molecule has 1 rings (SSSR count). The number of carboxylic acid groups (broad SMARTS) is 1. The Morgan fingerprint density at radius 2 is 1.93 bits per heavy atom. The van der Waals surface area contributed by atoms with Gasteiger partial charge in [-0.05, 0) is 40.8 Å². The molecule has 14 heavy (non-hydrogen) atoms. The summed E-state index contributed by atoms with van der Waals surface area (Å²) in [5.74, 6) is -1.36. The summed E-state index contributed by atoms with van der Waals surface area (Å²) >= 11 is 1.67. The van der Waals surface area contributed by atoms with Crippen LogP contribution in [0.5, 0.6) is 0 Å². The molecule has 0 aliphatic carbocycles. The van der Waals surface area contributed by atoms with Gasteiger partial charge >= 0.3 is 12.1 Å². The predicted octanol–water partition coefficient (Wildman–Crippen LogP) is 3.01. The zero-order valence-corrected chi connectivity index (χ0v) is 8.76. The number of carboxylic acids is 1. The van der Waals surface area contributed by atoms with Gasteiger partial charge in [-0.1, -0.05) is 0 Å². The maximum Gasteiger partial charge on any atom is 0.416 e. The minimum Gasteiger partial charge on any atom is -0.478 e. The van der Waals surface area contributed by atoms with Crippen molar-refractivity contribution in [2.75, 3.05) is 0 Å². The first-order valence-corrected chi connectivity index (χ1v) is 4.50.